The molecule has 20 heavy (non-hydrogen) atoms. The van der Waals surface area contributed by atoms with Gasteiger partial charge in [-0.1, -0.05) is 13.0 Å². The van der Waals surface area contributed by atoms with Crippen molar-refractivity contribution in [2.24, 2.45) is 0 Å². The van der Waals surface area contributed by atoms with Crippen LogP contribution in [0, 0.1) is 0 Å². The zero-order chi connectivity index (χ0) is 15.0. The van der Waals surface area contributed by atoms with Crippen molar-refractivity contribution in [1.82, 2.24) is 0 Å². The van der Waals surface area contributed by atoms with Gasteiger partial charge in [0.1, 0.15) is 5.75 Å². The van der Waals surface area contributed by atoms with Crippen LogP contribution in [-0.2, 0) is 10.5 Å². The Kier molecular flexibility index (Phi) is 7.18. The molecule has 1 atom stereocenters. The van der Waals surface area contributed by atoms with E-state index in [1.807, 2.05) is 18.2 Å². The number of hydrogen-bond donors (Lipinski definition) is 2. The Morgan fingerprint density at radius 2 is 2.25 bits per heavy atom. The number of ether oxygens (including phenoxy) is 1. The summed E-state index contributed by atoms with van der Waals surface area (Å²) in [6, 6.07) is 5.59. The third kappa shape index (κ3) is 5.67. The summed E-state index contributed by atoms with van der Waals surface area (Å²) in [5.41, 5.74) is 1.86. The summed E-state index contributed by atoms with van der Waals surface area (Å²) in [4.78, 5) is 10.5. The van der Waals surface area contributed by atoms with Gasteiger partial charge < -0.3 is 14.9 Å². The Morgan fingerprint density at radius 3 is 2.85 bits per heavy atom. The van der Waals surface area contributed by atoms with Crippen molar-refractivity contribution in [1.29, 1.82) is 0 Å². The molecule has 1 rings (SSSR count). The summed E-state index contributed by atoms with van der Waals surface area (Å²) >= 11 is 1.74. The van der Waals surface area contributed by atoms with E-state index < -0.39 is 5.97 Å². The van der Waals surface area contributed by atoms with Crippen LogP contribution in [-0.4, -0.2) is 35.1 Å². The number of carboxylic acid groups (broad SMARTS) is 1. The van der Waals surface area contributed by atoms with Gasteiger partial charge in [-0.15, -0.1) is 0 Å². The van der Waals surface area contributed by atoms with Crippen molar-refractivity contribution in [2.75, 3.05) is 13.7 Å². The van der Waals surface area contributed by atoms with Gasteiger partial charge in [0.25, 0.3) is 0 Å². The molecule has 0 amide bonds. The number of hydrogen-bond acceptors (Lipinski definition) is 4. The number of aliphatic hydroxyl groups excluding tert-OH is 1. The number of thioether (sulfide) groups is 1. The molecule has 0 bridgehead atoms. The lowest BCUT2D eigenvalue weighted by Gasteiger charge is -2.12. The summed E-state index contributed by atoms with van der Waals surface area (Å²) in [7, 11) is 1.62. The second-order valence-corrected chi connectivity index (χ2v) is 5.80. The maximum atomic E-state index is 10.5. The van der Waals surface area contributed by atoms with E-state index in [1.165, 1.54) is 0 Å². The fraction of sp³-hybridized carbons (Fsp3) is 0.400. The molecule has 110 valence electrons. The minimum atomic E-state index is -0.965. The minimum Gasteiger partial charge on any atom is -0.496 e. The molecule has 0 aliphatic carbocycles. The molecule has 0 aromatic heterocycles. The summed E-state index contributed by atoms with van der Waals surface area (Å²) in [6.07, 6.45) is 3.44. The number of benzene rings is 1. The topological polar surface area (TPSA) is 66.8 Å². The Bertz CT molecular complexity index is 471. The number of methoxy groups -OCH3 is 1. The zero-order valence-electron chi connectivity index (χ0n) is 11.7. The van der Waals surface area contributed by atoms with Crippen molar-refractivity contribution < 1.29 is 19.7 Å². The molecule has 0 radical (unpaired) electrons. The number of carboxylic acids is 1. The molecule has 1 unspecified atom stereocenters. The summed E-state index contributed by atoms with van der Waals surface area (Å²) in [6.45, 7) is 2.26. The van der Waals surface area contributed by atoms with E-state index in [1.54, 1.807) is 24.9 Å². The van der Waals surface area contributed by atoms with Gasteiger partial charge >= 0.3 is 5.97 Å². The maximum Gasteiger partial charge on any atom is 0.328 e. The Hall–Kier alpha value is -1.46. The zero-order valence-corrected chi connectivity index (χ0v) is 12.5. The lowest BCUT2D eigenvalue weighted by Crippen LogP contribution is -2.01. The Balaban J connectivity index is 2.80. The molecule has 5 heteroatoms. The number of aliphatic hydroxyl groups is 1. The van der Waals surface area contributed by atoms with E-state index in [9.17, 15) is 4.79 Å². The standard InChI is InChI=1S/C15H20O4S/c1-11(7-8-16)20-10-13-9-12(4-6-15(17)18)3-5-14(13)19-2/h3-6,9,11,16H,7-8,10H2,1-2H3,(H,17,18). The largest absolute Gasteiger partial charge is 0.496 e. The summed E-state index contributed by atoms with van der Waals surface area (Å²) in [5, 5.41) is 17.9. The molecular formula is C15H20O4S. The van der Waals surface area contributed by atoms with E-state index in [2.05, 4.69) is 6.92 Å². The van der Waals surface area contributed by atoms with Crippen molar-refractivity contribution in [3.63, 3.8) is 0 Å². The van der Waals surface area contributed by atoms with Crippen LogP contribution >= 0.6 is 11.8 Å². The molecule has 0 heterocycles. The van der Waals surface area contributed by atoms with E-state index in [-0.39, 0.29) is 6.61 Å². The van der Waals surface area contributed by atoms with Gasteiger partial charge in [0.05, 0.1) is 7.11 Å². The van der Waals surface area contributed by atoms with E-state index >= 15 is 0 Å². The lowest BCUT2D eigenvalue weighted by molar-refractivity contribution is -0.131. The fourth-order valence-corrected chi connectivity index (χ4v) is 2.64. The Morgan fingerprint density at radius 1 is 1.50 bits per heavy atom. The van der Waals surface area contributed by atoms with Gasteiger partial charge in [-0.2, -0.15) is 11.8 Å². The first-order valence-electron chi connectivity index (χ1n) is 6.37. The van der Waals surface area contributed by atoms with Crippen LogP contribution in [0.4, 0.5) is 0 Å². The summed E-state index contributed by atoms with van der Waals surface area (Å²) in [5.74, 6) is 0.591. The van der Waals surface area contributed by atoms with Crippen LogP contribution < -0.4 is 4.74 Å². The third-order valence-electron chi connectivity index (χ3n) is 2.78. The predicted molar refractivity (Wildman–Crippen MR) is 82.1 cm³/mol. The molecule has 0 saturated carbocycles. The highest BCUT2D eigenvalue weighted by atomic mass is 32.2. The van der Waals surface area contributed by atoms with Crippen LogP contribution in [0.2, 0.25) is 0 Å². The molecule has 0 aliphatic rings. The second-order valence-electron chi connectivity index (χ2n) is 4.38. The third-order valence-corrected chi connectivity index (χ3v) is 4.06. The highest BCUT2D eigenvalue weighted by molar-refractivity contribution is 7.99. The first-order valence-corrected chi connectivity index (χ1v) is 7.42. The van der Waals surface area contributed by atoms with Crippen molar-refractivity contribution in [3.05, 3.63) is 35.4 Å². The van der Waals surface area contributed by atoms with E-state index in [0.29, 0.717) is 5.25 Å². The van der Waals surface area contributed by atoms with E-state index in [0.717, 1.165) is 35.1 Å². The fourth-order valence-electron chi connectivity index (χ4n) is 1.68. The molecule has 0 aliphatic heterocycles. The molecular weight excluding hydrogens is 276 g/mol. The van der Waals surface area contributed by atoms with Crippen molar-refractivity contribution in [3.8, 4) is 5.75 Å². The molecule has 0 spiro atoms. The van der Waals surface area contributed by atoms with Gasteiger partial charge in [-0.05, 0) is 30.2 Å². The molecule has 1 aromatic rings. The van der Waals surface area contributed by atoms with Crippen LogP contribution in [0.15, 0.2) is 24.3 Å². The van der Waals surface area contributed by atoms with Crippen LogP contribution in [0.3, 0.4) is 0 Å². The summed E-state index contributed by atoms with van der Waals surface area (Å²) < 4.78 is 5.32. The maximum absolute atomic E-state index is 10.5. The van der Waals surface area contributed by atoms with Gasteiger partial charge in [0.15, 0.2) is 0 Å². The number of carbonyl (C=O) groups is 1. The van der Waals surface area contributed by atoms with Crippen molar-refractivity contribution >= 4 is 23.8 Å². The molecule has 0 fully saturated rings. The highest BCUT2D eigenvalue weighted by Gasteiger charge is 2.07. The van der Waals surface area contributed by atoms with Crippen LogP contribution in [0.1, 0.15) is 24.5 Å². The number of aliphatic carboxylic acids is 1. The smallest absolute Gasteiger partial charge is 0.328 e. The van der Waals surface area contributed by atoms with Gasteiger partial charge in [-0.25, -0.2) is 4.79 Å². The van der Waals surface area contributed by atoms with Gasteiger partial charge in [-0.3, -0.25) is 0 Å². The quantitative estimate of drug-likeness (QED) is 0.722. The Labute approximate surface area is 123 Å². The normalized spacial score (nSPS) is 12.6. The highest BCUT2D eigenvalue weighted by Crippen LogP contribution is 2.27. The number of rotatable bonds is 8. The van der Waals surface area contributed by atoms with E-state index in [4.69, 9.17) is 14.9 Å². The average molecular weight is 296 g/mol. The molecule has 4 nitrogen and oxygen atoms in total. The first kappa shape index (κ1) is 16.6. The lowest BCUT2D eigenvalue weighted by atomic mass is 10.1. The molecule has 1 aromatic carbocycles. The molecule has 2 N–H and O–H groups in total. The van der Waals surface area contributed by atoms with Crippen LogP contribution in [0.5, 0.6) is 5.75 Å². The van der Waals surface area contributed by atoms with Crippen molar-refractivity contribution in [2.45, 2.75) is 24.3 Å². The SMILES string of the molecule is COc1ccc(C=CC(=O)O)cc1CSC(C)CCO. The molecule has 0 saturated heterocycles. The van der Waals surface area contributed by atoms with Gasteiger partial charge in [0.2, 0.25) is 0 Å². The minimum absolute atomic E-state index is 0.187. The first-order chi connectivity index (χ1) is 9.56. The van der Waals surface area contributed by atoms with Gasteiger partial charge in [0, 0.05) is 29.2 Å². The average Bonchev–Trinajstić information content (AvgIpc) is 2.43. The second kappa shape index (κ2) is 8.66. The van der Waals surface area contributed by atoms with Crippen LogP contribution in [0.25, 0.3) is 6.08 Å². The predicted octanol–water partition coefficient (Wildman–Crippen LogP) is 2.80. The monoisotopic (exact) mass is 296 g/mol.